The molecular formula is C17H11ClN4O3. The summed E-state index contributed by atoms with van der Waals surface area (Å²) >= 11 is 6.25. The number of aromatic nitrogens is 2. The van der Waals surface area contributed by atoms with Crippen molar-refractivity contribution in [2.24, 2.45) is 0 Å². The van der Waals surface area contributed by atoms with Crippen LogP contribution in [0.4, 0.5) is 11.4 Å². The second-order valence-electron chi connectivity index (χ2n) is 5.24. The number of oxazole rings is 1. The van der Waals surface area contributed by atoms with Crippen LogP contribution in [0.1, 0.15) is 10.6 Å². The van der Waals surface area contributed by atoms with Crippen molar-refractivity contribution in [2.45, 2.75) is 0 Å². The van der Waals surface area contributed by atoms with Crippen LogP contribution in [0.3, 0.4) is 0 Å². The number of furan rings is 1. The van der Waals surface area contributed by atoms with Crippen LogP contribution >= 0.6 is 11.6 Å². The molecule has 1 amide bonds. The van der Waals surface area contributed by atoms with E-state index in [4.69, 9.17) is 26.2 Å². The van der Waals surface area contributed by atoms with Gasteiger partial charge in [0.25, 0.3) is 5.91 Å². The van der Waals surface area contributed by atoms with Gasteiger partial charge >= 0.3 is 0 Å². The average molecular weight is 355 g/mol. The van der Waals surface area contributed by atoms with Crippen LogP contribution in [0.15, 0.2) is 57.7 Å². The number of halogens is 1. The molecule has 3 heterocycles. The first-order valence-corrected chi connectivity index (χ1v) is 7.65. The standard InChI is InChI=1S/C17H11ClN4O3/c18-12-4-3-10(21-16(23)13-2-1-5-24-13)7-11(12)17-22-15-14(25-17)6-9(19)8-20-15/h1-8H,19H2,(H,21,23). The van der Waals surface area contributed by atoms with Crippen LogP contribution in [0.5, 0.6) is 0 Å². The SMILES string of the molecule is Nc1cnc2nc(-c3cc(NC(=O)c4ccco4)ccc3Cl)oc2c1. The van der Waals surface area contributed by atoms with Gasteiger partial charge in [-0.3, -0.25) is 4.79 Å². The average Bonchev–Trinajstić information content (AvgIpc) is 3.25. The Hall–Kier alpha value is -3.32. The molecule has 0 radical (unpaired) electrons. The summed E-state index contributed by atoms with van der Waals surface area (Å²) in [7, 11) is 0. The first-order valence-electron chi connectivity index (χ1n) is 7.27. The van der Waals surface area contributed by atoms with Gasteiger partial charge in [-0.1, -0.05) is 11.6 Å². The zero-order valence-electron chi connectivity index (χ0n) is 12.7. The Balaban J connectivity index is 1.70. The molecule has 1 aromatic carbocycles. The molecule has 0 saturated heterocycles. The van der Waals surface area contributed by atoms with E-state index in [0.29, 0.717) is 33.2 Å². The topological polar surface area (TPSA) is 107 Å². The molecule has 25 heavy (non-hydrogen) atoms. The van der Waals surface area contributed by atoms with Crippen LogP contribution in [-0.2, 0) is 0 Å². The van der Waals surface area contributed by atoms with Crippen LogP contribution in [0.2, 0.25) is 5.02 Å². The lowest BCUT2D eigenvalue weighted by molar-refractivity contribution is 0.0996. The highest BCUT2D eigenvalue weighted by atomic mass is 35.5. The van der Waals surface area contributed by atoms with Gasteiger partial charge in [0.05, 0.1) is 28.7 Å². The number of benzene rings is 1. The Morgan fingerprint density at radius 2 is 2.12 bits per heavy atom. The summed E-state index contributed by atoms with van der Waals surface area (Å²) < 4.78 is 10.7. The molecule has 4 aromatic rings. The van der Waals surface area contributed by atoms with Gasteiger partial charge in [-0.05, 0) is 30.3 Å². The normalized spacial score (nSPS) is 10.9. The zero-order valence-corrected chi connectivity index (χ0v) is 13.4. The number of carbonyl (C=O) groups is 1. The van der Waals surface area contributed by atoms with Gasteiger partial charge < -0.3 is 19.9 Å². The number of fused-ring (bicyclic) bond motifs is 1. The molecule has 8 heteroatoms. The Labute approximate surface area is 146 Å². The van der Waals surface area contributed by atoms with Gasteiger partial charge in [0, 0.05) is 11.8 Å². The number of nitrogen functional groups attached to an aromatic ring is 1. The number of nitrogens with zero attached hydrogens (tertiary/aromatic N) is 2. The monoisotopic (exact) mass is 354 g/mol. The maximum atomic E-state index is 12.1. The molecule has 0 spiro atoms. The lowest BCUT2D eigenvalue weighted by Crippen LogP contribution is -2.10. The number of amides is 1. The third-order valence-electron chi connectivity index (χ3n) is 3.47. The molecule has 0 saturated carbocycles. The number of anilines is 2. The molecule has 0 atom stereocenters. The van der Waals surface area contributed by atoms with Gasteiger partial charge in [0.2, 0.25) is 5.89 Å². The Morgan fingerprint density at radius 3 is 2.92 bits per heavy atom. The first kappa shape index (κ1) is 15.2. The fraction of sp³-hybridized carbons (Fsp3) is 0. The van der Waals surface area contributed by atoms with Crippen molar-refractivity contribution in [2.75, 3.05) is 11.1 Å². The van der Waals surface area contributed by atoms with Gasteiger partial charge in [0.15, 0.2) is 17.0 Å². The number of pyridine rings is 1. The summed E-state index contributed by atoms with van der Waals surface area (Å²) in [5.41, 5.74) is 8.09. The minimum atomic E-state index is -0.370. The van der Waals surface area contributed by atoms with E-state index in [1.54, 1.807) is 36.4 Å². The van der Waals surface area contributed by atoms with Gasteiger partial charge in [-0.25, -0.2) is 4.98 Å². The van der Waals surface area contributed by atoms with Crippen LogP contribution in [-0.4, -0.2) is 15.9 Å². The summed E-state index contributed by atoms with van der Waals surface area (Å²) in [5.74, 6) is 0.121. The van der Waals surface area contributed by atoms with E-state index < -0.39 is 0 Å². The van der Waals surface area contributed by atoms with Crippen LogP contribution < -0.4 is 11.1 Å². The molecule has 3 aromatic heterocycles. The second kappa shape index (κ2) is 5.95. The number of rotatable bonds is 3. The Morgan fingerprint density at radius 1 is 1.24 bits per heavy atom. The first-order chi connectivity index (χ1) is 12.1. The van der Waals surface area contributed by atoms with E-state index in [2.05, 4.69) is 15.3 Å². The van der Waals surface area contributed by atoms with Crippen molar-refractivity contribution in [3.63, 3.8) is 0 Å². The van der Waals surface area contributed by atoms with Crippen molar-refractivity contribution >= 4 is 40.1 Å². The summed E-state index contributed by atoms with van der Waals surface area (Å²) in [6.07, 6.45) is 2.93. The lowest BCUT2D eigenvalue weighted by atomic mass is 10.2. The summed E-state index contributed by atoms with van der Waals surface area (Å²) in [6, 6.07) is 9.83. The fourth-order valence-corrected chi connectivity index (χ4v) is 2.52. The molecule has 0 fully saturated rings. The molecular weight excluding hydrogens is 344 g/mol. The summed E-state index contributed by atoms with van der Waals surface area (Å²) in [5, 5.41) is 3.15. The molecule has 0 aliphatic heterocycles. The second-order valence-corrected chi connectivity index (χ2v) is 5.64. The maximum absolute atomic E-state index is 12.1. The Kier molecular flexibility index (Phi) is 3.62. The fourth-order valence-electron chi connectivity index (χ4n) is 2.32. The van der Waals surface area contributed by atoms with Crippen molar-refractivity contribution in [1.82, 2.24) is 9.97 Å². The van der Waals surface area contributed by atoms with Crippen molar-refractivity contribution < 1.29 is 13.6 Å². The van der Waals surface area contributed by atoms with Crippen molar-refractivity contribution in [3.05, 3.63) is 59.6 Å². The molecule has 0 bridgehead atoms. The van der Waals surface area contributed by atoms with E-state index >= 15 is 0 Å². The van der Waals surface area contributed by atoms with Crippen LogP contribution in [0, 0.1) is 0 Å². The minimum Gasteiger partial charge on any atom is -0.459 e. The number of hydrogen-bond donors (Lipinski definition) is 2. The maximum Gasteiger partial charge on any atom is 0.291 e. The van der Waals surface area contributed by atoms with E-state index in [1.807, 2.05) is 0 Å². The molecule has 0 unspecified atom stereocenters. The molecule has 3 N–H and O–H groups in total. The number of nitrogens with one attached hydrogen (secondary N) is 1. The number of hydrogen-bond acceptors (Lipinski definition) is 6. The van der Waals surface area contributed by atoms with E-state index in [-0.39, 0.29) is 17.6 Å². The molecule has 124 valence electrons. The molecule has 0 aliphatic rings. The van der Waals surface area contributed by atoms with Gasteiger partial charge in [-0.2, -0.15) is 4.98 Å². The van der Waals surface area contributed by atoms with Gasteiger partial charge in [-0.15, -0.1) is 0 Å². The Bertz CT molecular complexity index is 1070. The predicted octanol–water partition coefficient (Wildman–Crippen LogP) is 3.97. The molecule has 0 aliphatic carbocycles. The van der Waals surface area contributed by atoms with E-state index in [0.717, 1.165) is 0 Å². The zero-order chi connectivity index (χ0) is 17.4. The highest BCUT2D eigenvalue weighted by Gasteiger charge is 2.15. The summed E-state index contributed by atoms with van der Waals surface area (Å²) in [4.78, 5) is 20.5. The van der Waals surface area contributed by atoms with E-state index in [1.165, 1.54) is 12.5 Å². The third-order valence-corrected chi connectivity index (χ3v) is 3.80. The third kappa shape index (κ3) is 2.92. The quantitative estimate of drug-likeness (QED) is 0.576. The molecule has 7 nitrogen and oxygen atoms in total. The summed E-state index contributed by atoms with van der Waals surface area (Å²) in [6.45, 7) is 0. The predicted molar refractivity (Wildman–Crippen MR) is 93.3 cm³/mol. The number of nitrogens with two attached hydrogens (primary N) is 1. The minimum absolute atomic E-state index is 0.207. The smallest absolute Gasteiger partial charge is 0.291 e. The highest BCUT2D eigenvalue weighted by molar-refractivity contribution is 6.33. The van der Waals surface area contributed by atoms with E-state index in [9.17, 15) is 4.79 Å². The van der Waals surface area contributed by atoms with Crippen molar-refractivity contribution in [3.8, 4) is 11.5 Å². The molecule has 4 rings (SSSR count). The van der Waals surface area contributed by atoms with Crippen LogP contribution in [0.25, 0.3) is 22.7 Å². The number of carbonyl (C=O) groups excluding carboxylic acids is 1. The van der Waals surface area contributed by atoms with Crippen molar-refractivity contribution in [1.29, 1.82) is 0 Å². The highest BCUT2D eigenvalue weighted by Crippen LogP contribution is 2.32. The van der Waals surface area contributed by atoms with Gasteiger partial charge in [0.1, 0.15) is 0 Å². The lowest BCUT2D eigenvalue weighted by Gasteiger charge is -2.06. The largest absolute Gasteiger partial charge is 0.459 e.